The second kappa shape index (κ2) is 8.36. The normalized spacial score (nSPS) is 13.5. The first-order valence-corrected chi connectivity index (χ1v) is 9.21. The number of nitrogens with zero attached hydrogens (tertiary/aromatic N) is 1. The predicted octanol–water partition coefficient (Wildman–Crippen LogP) is 2.10. The Labute approximate surface area is 128 Å². The highest BCUT2D eigenvalue weighted by Gasteiger charge is 2.15. The Kier molecular flexibility index (Phi) is 7.14. The van der Waals surface area contributed by atoms with Crippen LogP contribution in [0.15, 0.2) is 24.3 Å². The van der Waals surface area contributed by atoms with E-state index in [1.807, 2.05) is 19.1 Å². The zero-order valence-corrected chi connectivity index (χ0v) is 13.9. The van der Waals surface area contributed by atoms with Crippen molar-refractivity contribution < 1.29 is 13.5 Å². The quantitative estimate of drug-likeness (QED) is 0.685. The number of para-hydroxylation sites is 1. The van der Waals surface area contributed by atoms with E-state index in [1.54, 1.807) is 12.1 Å². The van der Waals surface area contributed by atoms with Gasteiger partial charge in [-0.05, 0) is 25.5 Å². The number of hydrogen-bond acceptors (Lipinski definition) is 4. The molecule has 0 amide bonds. The van der Waals surface area contributed by atoms with Crippen LogP contribution in [0, 0.1) is 0 Å². The zero-order valence-electron chi connectivity index (χ0n) is 13.0. The summed E-state index contributed by atoms with van der Waals surface area (Å²) in [6.45, 7) is 5.61. The highest BCUT2D eigenvalue weighted by atomic mass is 32.2. The Hall–Kier alpha value is -1.11. The van der Waals surface area contributed by atoms with Gasteiger partial charge in [-0.3, -0.25) is 0 Å². The van der Waals surface area contributed by atoms with Gasteiger partial charge in [0.2, 0.25) is 10.0 Å². The van der Waals surface area contributed by atoms with Crippen LogP contribution in [0.4, 0.5) is 0 Å². The van der Waals surface area contributed by atoms with Gasteiger partial charge in [-0.1, -0.05) is 32.0 Å². The third-order valence-electron chi connectivity index (χ3n) is 3.52. The fraction of sp³-hybridized carbons (Fsp3) is 0.600. The average Bonchev–Trinajstić information content (AvgIpc) is 2.43. The largest absolute Gasteiger partial charge is 0.508 e. The first-order valence-electron chi connectivity index (χ1n) is 7.36. The molecule has 1 atom stereocenters. The molecule has 2 N–H and O–H groups in total. The van der Waals surface area contributed by atoms with Crippen LogP contribution in [0.1, 0.15) is 38.3 Å². The van der Waals surface area contributed by atoms with Crippen LogP contribution in [0.25, 0.3) is 0 Å². The summed E-state index contributed by atoms with van der Waals surface area (Å²) < 4.78 is 24.4. The molecule has 5 nitrogen and oxygen atoms in total. The van der Waals surface area contributed by atoms with Crippen LogP contribution >= 0.6 is 0 Å². The van der Waals surface area contributed by atoms with Crippen molar-refractivity contribution in [1.82, 2.24) is 9.62 Å². The summed E-state index contributed by atoms with van der Waals surface area (Å²) in [7, 11) is -3.11. The lowest BCUT2D eigenvalue weighted by Crippen LogP contribution is -2.33. The van der Waals surface area contributed by atoms with Crippen molar-refractivity contribution in [1.29, 1.82) is 0 Å². The molecule has 0 spiro atoms. The second-order valence-electron chi connectivity index (χ2n) is 5.08. The van der Waals surface area contributed by atoms with Gasteiger partial charge in [-0.2, -0.15) is 0 Å². The number of benzene rings is 1. The molecule has 21 heavy (non-hydrogen) atoms. The lowest BCUT2D eigenvalue weighted by molar-refractivity contribution is 0.403. The summed E-state index contributed by atoms with van der Waals surface area (Å²) >= 11 is 0. The van der Waals surface area contributed by atoms with Gasteiger partial charge in [0.15, 0.2) is 0 Å². The Morgan fingerprint density at radius 3 is 2.48 bits per heavy atom. The summed E-state index contributed by atoms with van der Waals surface area (Å²) in [5, 5.41) is 13.2. The fourth-order valence-corrected chi connectivity index (χ4v) is 3.28. The number of rotatable bonds is 9. The molecule has 6 heteroatoms. The van der Waals surface area contributed by atoms with Crippen LogP contribution in [0.3, 0.4) is 0 Å². The van der Waals surface area contributed by atoms with Gasteiger partial charge in [0, 0.05) is 24.7 Å². The van der Waals surface area contributed by atoms with E-state index in [2.05, 4.69) is 12.2 Å². The molecule has 0 saturated carbocycles. The molecular weight excluding hydrogens is 288 g/mol. The summed E-state index contributed by atoms with van der Waals surface area (Å²) in [6.07, 6.45) is 2.84. The van der Waals surface area contributed by atoms with Crippen molar-refractivity contribution in [2.45, 2.75) is 32.7 Å². The highest BCUT2D eigenvalue weighted by molar-refractivity contribution is 7.88. The minimum Gasteiger partial charge on any atom is -0.508 e. The summed E-state index contributed by atoms with van der Waals surface area (Å²) in [5.41, 5.74) is 0.885. The molecule has 0 aliphatic rings. The third kappa shape index (κ3) is 5.65. The summed E-state index contributed by atoms with van der Waals surface area (Å²) in [6, 6.07) is 7.38. The second-order valence-corrected chi connectivity index (χ2v) is 7.06. The smallest absolute Gasteiger partial charge is 0.211 e. The molecule has 1 aromatic rings. The molecular formula is C15H26N2O3S. The first kappa shape index (κ1) is 17.9. The molecule has 0 aliphatic carbocycles. The van der Waals surface area contributed by atoms with Gasteiger partial charge in [-0.15, -0.1) is 0 Å². The van der Waals surface area contributed by atoms with Crippen molar-refractivity contribution in [3.8, 4) is 5.75 Å². The number of aromatic hydroxyl groups is 1. The van der Waals surface area contributed by atoms with Crippen LogP contribution in [0.5, 0.6) is 5.75 Å². The van der Waals surface area contributed by atoms with E-state index in [9.17, 15) is 13.5 Å². The topological polar surface area (TPSA) is 69.6 Å². The molecule has 0 bridgehead atoms. The monoisotopic (exact) mass is 314 g/mol. The Bertz CT molecular complexity index is 531. The standard InChI is InChI=1S/C15H26N2O3S/c1-4-14(13-9-6-7-10-15(13)18)16-11-8-12-17(5-2)21(3,19)20/h6-7,9-10,14,16,18H,4-5,8,11-12H2,1-3H3. The molecule has 120 valence electrons. The summed E-state index contributed by atoms with van der Waals surface area (Å²) in [5.74, 6) is 0.295. The Morgan fingerprint density at radius 1 is 1.29 bits per heavy atom. The molecule has 1 rings (SSSR count). The van der Waals surface area contributed by atoms with Gasteiger partial charge in [-0.25, -0.2) is 12.7 Å². The minimum absolute atomic E-state index is 0.0829. The minimum atomic E-state index is -3.11. The number of sulfonamides is 1. The van der Waals surface area contributed by atoms with Gasteiger partial charge in [0.05, 0.1) is 6.26 Å². The molecule has 0 aliphatic heterocycles. The van der Waals surface area contributed by atoms with E-state index >= 15 is 0 Å². The van der Waals surface area contributed by atoms with Crippen molar-refractivity contribution in [2.24, 2.45) is 0 Å². The number of hydrogen-bond donors (Lipinski definition) is 2. The van der Waals surface area contributed by atoms with Gasteiger partial charge < -0.3 is 10.4 Å². The van der Waals surface area contributed by atoms with E-state index in [1.165, 1.54) is 10.6 Å². The maximum Gasteiger partial charge on any atom is 0.211 e. The SMILES string of the molecule is CCC(NCCCN(CC)S(C)(=O)=O)c1ccccc1O. The van der Waals surface area contributed by atoms with E-state index in [4.69, 9.17) is 0 Å². The van der Waals surface area contributed by atoms with Crippen molar-refractivity contribution in [3.05, 3.63) is 29.8 Å². The van der Waals surface area contributed by atoms with Crippen molar-refractivity contribution in [3.63, 3.8) is 0 Å². The lowest BCUT2D eigenvalue weighted by Gasteiger charge is -2.21. The van der Waals surface area contributed by atoms with Gasteiger partial charge in [0.1, 0.15) is 5.75 Å². The number of nitrogens with one attached hydrogen (secondary N) is 1. The van der Waals surface area contributed by atoms with Crippen molar-refractivity contribution >= 4 is 10.0 Å². The van der Waals surface area contributed by atoms with E-state index < -0.39 is 10.0 Å². The third-order valence-corrected chi connectivity index (χ3v) is 4.90. The molecule has 0 heterocycles. The maximum absolute atomic E-state index is 11.5. The lowest BCUT2D eigenvalue weighted by atomic mass is 10.0. The Morgan fingerprint density at radius 2 is 1.95 bits per heavy atom. The predicted molar refractivity (Wildman–Crippen MR) is 85.8 cm³/mol. The van der Waals surface area contributed by atoms with Crippen LogP contribution in [-0.2, 0) is 10.0 Å². The highest BCUT2D eigenvalue weighted by Crippen LogP contribution is 2.25. The van der Waals surface area contributed by atoms with E-state index in [0.29, 0.717) is 25.4 Å². The molecule has 0 radical (unpaired) electrons. The van der Waals surface area contributed by atoms with Crippen LogP contribution in [0.2, 0.25) is 0 Å². The van der Waals surface area contributed by atoms with Crippen LogP contribution < -0.4 is 5.32 Å². The van der Waals surface area contributed by atoms with E-state index in [-0.39, 0.29) is 6.04 Å². The van der Waals surface area contributed by atoms with Crippen molar-refractivity contribution in [2.75, 3.05) is 25.9 Å². The first-order chi connectivity index (χ1) is 9.90. The molecule has 0 saturated heterocycles. The number of phenolic OH excluding ortho intramolecular Hbond substituents is 1. The van der Waals surface area contributed by atoms with E-state index in [0.717, 1.165) is 18.4 Å². The zero-order chi connectivity index (χ0) is 15.9. The Balaban J connectivity index is 2.49. The maximum atomic E-state index is 11.5. The average molecular weight is 314 g/mol. The summed E-state index contributed by atoms with van der Waals surface area (Å²) in [4.78, 5) is 0. The molecule has 1 unspecified atom stereocenters. The van der Waals surface area contributed by atoms with Crippen LogP contribution in [-0.4, -0.2) is 43.7 Å². The molecule has 1 aromatic carbocycles. The fourth-order valence-electron chi connectivity index (χ4n) is 2.35. The van der Waals surface area contributed by atoms with Gasteiger partial charge in [0.25, 0.3) is 0 Å². The van der Waals surface area contributed by atoms with Gasteiger partial charge >= 0.3 is 0 Å². The number of phenols is 1. The molecule has 0 fully saturated rings. The molecule has 0 aromatic heterocycles.